The lowest BCUT2D eigenvalue weighted by molar-refractivity contribution is 0.224. The lowest BCUT2D eigenvalue weighted by Crippen LogP contribution is -2.18. The molecule has 0 saturated heterocycles. The third-order valence-electron chi connectivity index (χ3n) is 8.53. The quantitative estimate of drug-likeness (QED) is 0.360. The Balaban J connectivity index is 1.29. The SMILES string of the molecule is C=CCCC1CCC(CCC2CCC(c3cc4ccc(CC)cc4c(F)c3F)CC2)CC1. The third-order valence-corrected chi connectivity index (χ3v) is 8.53. The molecule has 32 heavy (non-hydrogen) atoms. The summed E-state index contributed by atoms with van der Waals surface area (Å²) in [6, 6.07) is 7.72. The lowest BCUT2D eigenvalue weighted by Gasteiger charge is -2.32. The molecule has 0 radical (unpaired) electrons. The molecule has 2 aliphatic rings. The van der Waals surface area contributed by atoms with Gasteiger partial charge in [-0.1, -0.05) is 63.7 Å². The zero-order valence-corrected chi connectivity index (χ0v) is 19.9. The molecule has 2 heteroatoms. The number of rotatable bonds is 8. The number of benzene rings is 2. The summed E-state index contributed by atoms with van der Waals surface area (Å²) in [5.41, 5.74) is 1.66. The Kier molecular flexibility index (Phi) is 8.02. The van der Waals surface area contributed by atoms with E-state index in [4.69, 9.17) is 0 Å². The molecular weight excluding hydrogens is 398 g/mol. The van der Waals surface area contributed by atoms with Crippen LogP contribution in [0.4, 0.5) is 8.78 Å². The summed E-state index contributed by atoms with van der Waals surface area (Å²) in [5, 5.41) is 1.26. The fourth-order valence-electron chi connectivity index (χ4n) is 6.31. The fourth-order valence-corrected chi connectivity index (χ4v) is 6.31. The van der Waals surface area contributed by atoms with E-state index in [9.17, 15) is 8.78 Å². The maximum atomic E-state index is 15.0. The summed E-state index contributed by atoms with van der Waals surface area (Å²) in [5.74, 6) is 1.50. The lowest BCUT2D eigenvalue weighted by atomic mass is 9.73. The molecule has 0 heterocycles. The number of fused-ring (bicyclic) bond motifs is 1. The molecule has 2 aliphatic carbocycles. The van der Waals surface area contributed by atoms with Crippen molar-refractivity contribution in [2.75, 3.05) is 0 Å². The van der Waals surface area contributed by atoms with Gasteiger partial charge in [0, 0.05) is 5.39 Å². The molecule has 0 aliphatic heterocycles. The monoisotopic (exact) mass is 438 g/mol. The van der Waals surface area contributed by atoms with Gasteiger partial charge >= 0.3 is 0 Å². The first-order valence-corrected chi connectivity index (χ1v) is 13.1. The average Bonchev–Trinajstić information content (AvgIpc) is 2.84. The van der Waals surface area contributed by atoms with Gasteiger partial charge in [-0.25, -0.2) is 8.78 Å². The van der Waals surface area contributed by atoms with Gasteiger partial charge in [-0.2, -0.15) is 0 Å². The molecule has 2 aromatic carbocycles. The Hall–Kier alpha value is -1.70. The van der Waals surface area contributed by atoms with Crippen molar-refractivity contribution >= 4 is 10.8 Å². The van der Waals surface area contributed by atoms with Gasteiger partial charge in [-0.05, 0) is 97.3 Å². The molecule has 2 saturated carbocycles. The summed E-state index contributed by atoms with van der Waals surface area (Å²) in [6.45, 7) is 5.89. The first-order chi connectivity index (χ1) is 15.6. The van der Waals surface area contributed by atoms with E-state index in [1.807, 2.05) is 25.1 Å². The summed E-state index contributed by atoms with van der Waals surface area (Å²) in [6.07, 6.45) is 18.0. The molecule has 0 amide bonds. The predicted octanol–water partition coefficient (Wildman–Crippen LogP) is 9.51. The molecule has 174 valence electrons. The van der Waals surface area contributed by atoms with Crippen LogP contribution in [0.25, 0.3) is 10.8 Å². The van der Waals surface area contributed by atoms with Gasteiger partial charge < -0.3 is 0 Å². The smallest absolute Gasteiger partial charge is 0.166 e. The summed E-state index contributed by atoms with van der Waals surface area (Å²) in [4.78, 5) is 0. The van der Waals surface area contributed by atoms with Crippen LogP contribution in [0.1, 0.15) is 101 Å². The summed E-state index contributed by atoms with van der Waals surface area (Å²) >= 11 is 0. The molecule has 2 aromatic rings. The van der Waals surface area contributed by atoms with E-state index in [-0.39, 0.29) is 5.92 Å². The van der Waals surface area contributed by atoms with Gasteiger partial charge in [0.25, 0.3) is 0 Å². The summed E-state index contributed by atoms with van der Waals surface area (Å²) in [7, 11) is 0. The summed E-state index contributed by atoms with van der Waals surface area (Å²) < 4.78 is 29.8. The molecule has 0 spiro atoms. The molecule has 2 fully saturated rings. The minimum absolute atomic E-state index is 0.163. The maximum absolute atomic E-state index is 15.0. The largest absolute Gasteiger partial charge is 0.203 e. The van der Waals surface area contributed by atoms with E-state index in [0.29, 0.717) is 10.9 Å². The molecule has 4 rings (SSSR count). The molecule has 0 aromatic heterocycles. The van der Waals surface area contributed by atoms with Crippen LogP contribution in [0.5, 0.6) is 0 Å². The second kappa shape index (κ2) is 10.9. The van der Waals surface area contributed by atoms with Crippen LogP contribution in [0.2, 0.25) is 0 Å². The highest BCUT2D eigenvalue weighted by molar-refractivity contribution is 5.85. The van der Waals surface area contributed by atoms with Crippen LogP contribution in [0, 0.1) is 29.4 Å². The number of allylic oxidation sites excluding steroid dienone is 1. The van der Waals surface area contributed by atoms with Crippen molar-refractivity contribution in [3.05, 3.63) is 59.7 Å². The van der Waals surface area contributed by atoms with Crippen LogP contribution < -0.4 is 0 Å². The predicted molar refractivity (Wildman–Crippen MR) is 132 cm³/mol. The molecular formula is C30H40F2. The Bertz CT molecular complexity index is 899. The van der Waals surface area contributed by atoms with Crippen molar-refractivity contribution in [3.8, 4) is 0 Å². The standard InChI is InChI=1S/C30H40F2/c1-3-5-6-22-7-9-23(10-8-22)11-12-24-14-16-25(17-15-24)28-20-26-18-13-21(4-2)19-27(26)29(31)30(28)32/h3,13,18-20,22-25H,1,4-12,14-17H2,2H3. The minimum atomic E-state index is -0.654. The normalized spacial score (nSPS) is 26.3. The van der Waals surface area contributed by atoms with Crippen molar-refractivity contribution in [2.24, 2.45) is 17.8 Å². The van der Waals surface area contributed by atoms with Crippen molar-refractivity contribution in [3.63, 3.8) is 0 Å². The second-order valence-corrected chi connectivity index (χ2v) is 10.6. The molecule has 0 atom stereocenters. The van der Waals surface area contributed by atoms with Gasteiger partial charge in [0.15, 0.2) is 11.6 Å². The van der Waals surface area contributed by atoms with Crippen LogP contribution >= 0.6 is 0 Å². The first kappa shape index (κ1) is 23.5. The van der Waals surface area contributed by atoms with Gasteiger partial charge in [0.1, 0.15) is 0 Å². The van der Waals surface area contributed by atoms with E-state index in [1.165, 1.54) is 51.4 Å². The van der Waals surface area contributed by atoms with Gasteiger partial charge in [0.2, 0.25) is 0 Å². The van der Waals surface area contributed by atoms with Crippen molar-refractivity contribution < 1.29 is 8.78 Å². The molecule has 0 nitrogen and oxygen atoms in total. The molecule has 0 unspecified atom stereocenters. The number of halogens is 2. The first-order valence-electron chi connectivity index (χ1n) is 13.1. The van der Waals surface area contributed by atoms with E-state index >= 15 is 0 Å². The van der Waals surface area contributed by atoms with Crippen molar-refractivity contribution in [2.45, 2.75) is 96.3 Å². The Morgan fingerprint density at radius 2 is 1.41 bits per heavy atom. The van der Waals surface area contributed by atoms with E-state index in [1.54, 1.807) is 6.07 Å². The van der Waals surface area contributed by atoms with Gasteiger partial charge in [-0.3, -0.25) is 0 Å². The van der Waals surface area contributed by atoms with Gasteiger partial charge in [0.05, 0.1) is 0 Å². The minimum Gasteiger partial charge on any atom is -0.203 e. The Morgan fingerprint density at radius 1 is 0.812 bits per heavy atom. The molecule has 0 bridgehead atoms. The Labute approximate surface area is 193 Å². The Morgan fingerprint density at radius 3 is 2.00 bits per heavy atom. The third kappa shape index (κ3) is 5.43. The van der Waals surface area contributed by atoms with Crippen LogP contribution in [0.3, 0.4) is 0 Å². The highest BCUT2D eigenvalue weighted by Crippen LogP contribution is 2.42. The topological polar surface area (TPSA) is 0 Å². The highest BCUT2D eigenvalue weighted by Gasteiger charge is 2.28. The van der Waals surface area contributed by atoms with Crippen LogP contribution in [-0.4, -0.2) is 0 Å². The number of hydrogen-bond acceptors (Lipinski definition) is 0. The zero-order valence-electron chi connectivity index (χ0n) is 19.9. The van der Waals surface area contributed by atoms with Crippen LogP contribution in [-0.2, 0) is 6.42 Å². The zero-order chi connectivity index (χ0) is 22.5. The fraction of sp³-hybridized carbons (Fsp3) is 0.600. The van der Waals surface area contributed by atoms with Gasteiger partial charge in [-0.15, -0.1) is 6.58 Å². The van der Waals surface area contributed by atoms with Crippen LogP contribution in [0.15, 0.2) is 36.9 Å². The highest BCUT2D eigenvalue weighted by atomic mass is 19.2. The van der Waals surface area contributed by atoms with E-state index < -0.39 is 11.6 Å². The number of hydrogen-bond donors (Lipinski definition) is 0. The van der Waals surface area contributed by atoms with Crippen molar-refractivity contribution in [1.29, 1.82) is 0 Å². The second-order valence-electron chi connectivity index (χ2n) is 10.6. The molecule has 0 N–H and O–H groups in total. The average molecular weight is 439 g/mol. The maximum Gasteiger partial charge on any atom is 0.166 e. The van der Waals surface area contributed by atoms with Crippen molar-refractivity contribution in [1.82, 2.24) is 0 Å². The number of aryl methyl sites for hydroxylation is 1. The van der Waals surface area contributed by atoms with E-state index in [2.05, 4.69) is 12.7 Å². The van der Waals surface area contributed by atoms with E-state index in [0.717, 1.165) is 60.8 Å².